The quantitative estimate of drug-likeness (QED) is 0.240. The second-order valence-electron chi connectivity index (χ2n) is 7.08. The standard InChI is InChI=1S/C26H22ClNO6/c1-30-22-15-17(14-20-26(29)34-25(28-20)18-8-4-3-5-9-18)16-23(31-2)24(22)33-13-12-32-21-11-7-6-10-19(21)27/h3-11,14-16H,12-13H2,1-2H3. The van der Waals surface area contributed by atoms with Crippen molar-refractivity contribution in [3.8, 4) is 23.0 Å². The van der Waals surface area contributed by atoms with Gasteiger partial charge in [-0.15, -0.1) is 0 Å². The first-order valence-electron chi connectivity index (χ1n) is 10.4. The zero-order chi connectivity index (χ0) is 23.9. The number of cyclic esters (lactones) is 1. The SMILES string of the molecule is COc1cc(C=C2N=C(c3ccccc3)OC2=O)cc(OC)c1OCCOc1ccccc1Cl. The Balaban J connectivity index is 1.51. The van der Waals surface area contributed by atoms with Crippen LogP contribution in [0.15, 0.2) is 77.4 Å². The van der Waals surface area contributed by atoms with Gasteiger partial charge in [-0.3, -0.25) is 0 Å². The number of benzene rings is 3. The van der Waals surface area contributed by atoms with Crippen LogP contribution in [0, 0.1) is 0 Å². The van der Waals surface area contributed by atoms with Gasteiger partial charge in [0.05, 0.1) is 19.2 Å². The van der Waals surface area contributed by atoms with Crippen LogP contribution in [0.5, 0.6) is 23.0 Å². The van der Waals surface area contributed by atoms with E-state index in [0.717, 1.165) is 5.56 Å². The highest BCUT2D eigenvalue weighted by molar-refractivity contribution is 6.32. The van der Waals surface area contributed by atoms with E-state index in [1.807, 2.05) is 42.5 Å². The van der Waals surface area contributed by atoms with Gasteiger partial charge in [-0.25, -0.2) is 9.79 Å². The Morgan fingerprint density at radius 3 is 2.21 bits per heavy atom. The molecule has 0 saturated heterocycles. The molecule has 8 heteroatoms. The molecule has 0 radical (unpaired) electrons. The number of hydrogen-bond acceptors (Lipinski definition) is 7. The van der Waals surface area contributed by atoms with Crippen LogP contribution in [0.2, 0.25) is 5.02 Å². The zero-order valence-corrected chi connectivity index (χ0v) is 19.4. The minimum absolute atomic E-state index is 0.171. The first kappa shape index (κ1) is 23.2. The van der Waals surface area contributed by atoms with Gasteiger partial charge >= 0.3 is 5.97 Å². The number of para-hydroxylation sites is 1. The van der Waals surface area contributed by atoms with Crippen LogP contribution in [0.25, 0.3) is 6.08 Å². The number of aliphatic imine (C=N–C) groups is 1. The van der Waals surface area contributed by atoms with Crippen LogP contribution in [0.3, 0.4) is 0 Å². The Morgan fingerprint density at radius 2 is 1.53 bits per heavy atom. The summed E-state index contributed by atoms with van der Waals surface area (Å²) in [6.07, 6.45) is 1.60. The summed E-state index contributed by atoms with van der Waals surface area (Å²) in [6, 6.07) is 19.9. The summed E-state index contributed by atoms with van der Waals surface area (Å²) in [6.45, 7) is 0.500. The molecule has 0 unspecified atom stereocenters. The van der Waals surface area contributed by atoms with Gasteiger partial charge in [-0.05, 0) is 48.0 Å². The fraction of sp³-hybridized carbons (Fsp3) is 0.154. The Morgan fingerprint density at radius 1 is 0.882 bits per heavy atom. The average Bonchev–Trinajstić information content (AvgIpc) is 3.23. The van der Waals surface area contributed by atoms with Crippen molar-refractivity contribution in [3.63, 3.8) is 0 Å². The summed E-state index contributed by atoms with van der Waals surface area (Å²) in [4.78, 5) is 16.7. The van der Waals surface area contributed by atoms with E-state index in [1.54, 1.807) is 30.3 Å². The summed E-state index contributed by atoms with van der Waals surface area (Å²) in [5, 5.41) is 0.526. The first-order valence-corrected chi connectivity index (χ1v) is 10.8. The molecular weight excluding hydrogens is 458 g/mol. The minimum atomic E-state index is -0.533. The molecule has 174 valence electrons. The third-order valence-corrected chi connectivity index (χ3v) is 5.16. The fourth-order valence-electron chi connectivity index (χ4n) is 3.25. The first-order chi connectivity index (χ1) is 16.6. The number of esters is 1. The van der Waals surface area contributed by atoms with Crippen LogP contribution in [0.1, 0.15) is 11.1 Å². The van der Waals surface area contributed by atoms with E-state index in [4.69, 9.17) is 35.3 Å². The van der Waals surface area contributed by atoms with Crippen molar-refractivity contribution in [1.82, 2.24) is 0 Å². The molecule has 0 aliphatic carbocycles. The minimum Gasteiger partial charge on any atom is -0.493 e. The van der Waals surface area contributed by atoms with Crippen molar-refractivity contribution >= 4 is 29.5 Å². The van der Waals surface area contributed by atoms with Crippen molar-refractivity contribution in [2.24, 2.45) is 4.99 Å². The Hall–Kier alpha value is -3.97. The molecule has 0 amide bonds. The molecular formula is C26H22ClNO6. The Labute approximate surface area is 202 Å². The second kappa shape index (κ2) is 10.8. The van der Waals surface area contributed by atoms with E-state index in [1.165, 1.54) is 14.2 Å². The number of halogens is 1. The van der Waals surface area contributed by atoms with E-state index in [9.17, 15) is 4.79 Å². The molecule has 0 fully saturated rings. The summed E-state index contributed by atoms with van der Waals surface area (Å²) in [5.74, 6) is 1.58. The molecule has 0 N–H and O–H groups in total. The van der Waals surface area contributed by atoms with Crippen LogP contribution in [0.4, 0.5) is 0 Å². The summed E-state index contributed by atoms with van der Waals surface area (Å²) in [5.41, 5.74) is 1.53. The lowest BCUT2D eigenvalue weighted by atomic mass is 10.1. The fourth-order valence-corrected chi connectivity index (χ4v) is 3.44. The molecule has 1 aliphatic rings. The maximum atomic E-state index is 12.3. The maximum absolute atomic E-state index is 12.3. The highest BCUT2D eigenvalue weighted by Gasteiger charge is 2.24. The largest absolute Gasteiger partial charge is 0.493 e. The monoisotopic (exact) mass is 479 g/mol. The number of carbonyl (C=O) groups is 1. The predicted molar refractivity (Wildman–Crippen MR) is 129 cm³/mol. The van der Waals surface area contributed by atoms with E-state index >= 15 is 0 Å². The molecule has 0 spiro atoms. The van der Waals surface area contributed by atoms with E-state index < -0.39 is 5.97 Å². The smallest absolute Gasteiger partial charge is 0.363 e. The molecule has 1 heterocycles. The van der Waals surface area contributed by atoms with Crippen molar-refractivity contribution in [2.75, 3.05) is 27.4 Å². The van der Waals surface area contributed by atoms with Crippen molar-refractivity contribution in [1.29, 1.82) is 0 Å². The molecule has 4 rings (SSSR count). The van der Waals surface area contributed by atoms with E-state index in [0.29, 0.717) is 33.6 Å². The normalized spacial score (nSPS) is 13.9. The van der Waals surface area contributed by atoms with Gasteiger partial charge in [-0.1, -0.05) is 41.9 Å². The molecule has 3 aromatic carbocycles. The second-order valence-corrected chi connectivity index (χ2v) is 7.49. The van der Waals surface area contributed by atoms with Gasteiger partial charge in [-0.2, -0.15) is 0 Å². The highest BCUT2D eigenvalue weighted by Crippen LogP contribution is 2.39. The maximum Gasteiger partial charge on any atom is 0.363 e. The number of carbonyl (C=O) groups excluding carboxylic acids is 1. The summed E-state index contributed by atoms with van der Waals surface area (Å²) < 4.78 is 27.8. The molecule has 0 aromatic heterocycles. The molecule has 0 saturated carbocycles. The van der Waals surface area contributed by atoms with E-state index in [-0.39, 0.29) is 24.8 Å². The third kappa shape index (κ3) is 5.32. The van der Waals surface area contributed by atoms with E-state index in [2.05, 4.69) is 4.99 Å². The Bertz CT molecular complexity index is 1210. The highest BCUT2D eigenvalue weighted by atomic mass is 35.5. The van der Waals surface area contributed by atoms with Crippen molar-refractivity contribution in [2.45, 2.75) is 0 Å². The number of hydrogen-bond donors (Lipinski definition) is 0. The Kier molecular flexibility index (Phi) is 7.34. The number of rotatable bonds is 9. The molecule has 34 heavy (non-hydrogen) atoms. The van der Waals surface area contributed by atoms with Crippen LogP contribution >= 0.6 is 11.6 Å². The zero-order valence-electron chi connectivity index (χ0n) is 18.6. The molecule has 7 nitrogen and oxygen atoms in total. The topological polar surface area (TPSA) is 75.6 Å². The summed E-state index contributed by atoms with van der Waals surface area (Å²) >= 11 is 6.10. The lowest BCUT2D eigenvalue weighted by molar-refractivity contribution is -0.129. The predicted octanol–water partition coefficient (Wildman–Crippen LogP) is 5.16. The molecule has 1 aliphatic heterocycles. The van der Waals surface area contributed by atoms with Crippen molar-refractivity contribution in [3.05, 3.63) is 88.6 Å². The number of methoxy groups -OCH3 is 2. The van der Waals surface area contributed by atoms with Gasteiger partial charge < -0.3 is 23.7 Å². The van der Waals surface area contributed by atoms with Gasteiger partial charge in [0, 0.05) is 5.56 Å². The van der Waals surface area contributed by atoms with Gasteiger partial charge in [0.25, 0.3) is 0 Å². The van der Waals surface area contributed by atoms with Crippen LogP contribution in [-0.4, -0.2) is 39.3 Å². The van der Waals surface area contributed by atoms with Crippen molar-refractivity contribution < 1.29 is 28.5 Å². The number of ether oxygens (including phenoxy) is 5. The lowest BCUT2D eigenvalue weighted by Gasteiger charge is -2.16. The van der Waals surface area contributed by atoms with Crippen LogP contribution in [-0.2, 0) is 9.53 Å². The summed E-state index contributed by atoms with van der Waals surface area (Å²) in [7, 11) is 3.04. The average molecular weight is 480 g/mol. The van der Waals surface area contributed by atoms with Gasteiger partial charge in [0.2, 0.25) is 11.6 Å². The van der Waals surface area contributed by atoms with Gasteiger partial charge in [0.15, 0.2) is 17.2 Å². The molecule has 0 bridgehead atoms. The molecule has 3 aromatic rings. The molecule has 0 atom stereocenters. The lowest BCUT2D eigenvalue weighted by Crippen LogP contribution is -2.10. The van der Waals surface area contributed by atoms with Crippen LogP contribution < -0.4 is 18.9 Å². The number of nitrogens with zero attached hydrogens (tertiary/aromatic N) is 1. The third-order valence-electron chi connectivity index (χ3n) is 4.85. The van der Waals surface area contributed by atoms with Gasteiger partial charge in [0.1, 0.15) is 19.0 Å².